The molecule has 2 aromatic heterocycles. The van der Waals surface area contributed by atoms with Crippen molar-refractivity contribution in [2.75, 3.05) is 5.73 Å². The van der Waals surface area contributed by atoms with E-state index in [1.807, 2.05) is 22.9 Å². The van der Waals surface area contributed by atoms with E-state index in [1.54, 1.807) is 12.4 Å². The van der Waals surface area contributed by atoms with E-state index in [4.69, 9.17) is 5.73 Å². The Labute approximate surface area is 88.8 Å². The van der Waals surface area contributed by atoms with Crippen molar-refractivity contribution in [2.24, 2.45) is 0 Å². The van der Waals surface area contributed by atoms with Crippen LogP contribution in [0.5, 0.6) is 0 Å². The number of hydrogen-bond donors (Lipinski definition) is 1. The Kier molecular flexibility index (Phi) is 2.41. The zero-order chi connectivity index (χ0) is 10.8. The van der Waals surface area contributed by atoms with Gasteiger partial charge in [0.15, 0.2) is 0 Å². The number of aromatic nitrogens is 3. The van der Waals surface area contributed by atoms with Crippen LogP contribution in [0.25, 0.3) is 5.82 Å². The van der Waals surface area contributed by atoms with Crippen LogP contribution in [0.15, 0.2) is 30.7 Å². The lowest BCUT2D eigenvalue weighted by atomic mass is 10.2. The molecule has 0 aliphatic carbocycles. The Hall–Kier alpha value is -1.84. The highest BCUT2D eigenvalue weighted by Crippen LogP contribution is 2.16. The standard InChI is InChI=1S/C11H14N4/c1-8(2)11-13-5-6-15(11)10-4-3-9(12)7-14-10/h3-8H,12H2,1-2H3. The largest absolute Gasteiger partial charge is 0.397 e. The van der Waals surface area contributed by atoms with Crippen molar-refractivity contribution >= 4 is 5.69 Å². The lowest BCUT2D eigenvalue weighted by Crippen LogP contribution is -2.04. The maximum Gasteiger partial charge on any atom is 0.138 e. The Morgan fingerprint density at radius 1 is 1.27 bits per heavy atom. The van der Waals surface area contributed by atoms with E-state index < -0.39 is 0 Å². The van der Waals surface area contributed by atoms with Gasteiger partial charge in [-0.25, -0.2) is 9.97 Å². The van der Waals surface area contributed by atoms with Gasteiger partial charge in [0.1, 0.15) is 11.6 Å². The molecule has 0 bridgehead atoms. The van der Waals surface area contributed by atoms with Crippen molar-refractivity contribution < 1.29 is 0 Å². The first-order valence-electron chi connectivity index (χ1n) is 4.93. The van der Waals surface area contributed by atoms with Gasteiger partial charge in [0.2, 0.25) is 0 Å². The first kappa shape index (κ1) is 9.71. The number of anilines is 1. The molecule has 15 heavy (non-hydrogen) atoms. The second-order valence-corrected chi connectivity index (χ2v) is 3.76. The van der Waals surface area contributed by atoms with Gasteiger partial charge < -0.3 is 5.73 Å². The van der Waals surface area contributed by atoms with Gasteiger partial charge in [-0.2, -0.15) is 0 Å². The van der Waals surface area contributed by atoms with Crippen LogP contribution in [0.1, 0.15) is 25.6 Å². The lowest BCUT2D eigenvalue weighted by Gasteiger charge is -2.09. The summed E-state index contributed by atoms with van der Waals surface area (Å²) in [5, 5.41) is 0. The van der Waals surface area contributed by atoms with Gasteiger partial charge in [-0.15, -0.1) is 0 Å². The van der Waals surface area contributed by atoms with Gasteiger partial charge in [0, 0.05) is 18.3 Å². The lowest BCUT2D eigenvalue weighted by molar-refractivity contribution is 0.744. The molecule has 4 nitrogen and oxygen atoms in total. The van der Waals surface area contributed by atoms with Crippen LogP contribution in [0.3, 0.4) is 0 Å². The van der Waals surface area contributed by atoms with Crippen LogP contribution in [-0.4, -0.2) is 14.5 Å². The zero-order valence-corrected chi connectivity index (χ0v) is 8.88. The number of nitrogens with two attached hydrogens (primary N) is 1. The van der Waals surface area contributed by atoms with Crippen molar-refractivity contribution in [1.29, 1.82) is 0 Å². The number of hydrogen-bond acceptors (Lipinski definition) is 3. The van der Waals surface area contributed by atoms with Crippen molar-refractivity contribution in [2.45, 2.75) is 19.8 Å². The van der Waals surface area contributed by atoms with Crippen molar-refractivity contribution in [3.05, 3.63) is 36.5 Å². The average molecular weight is 202 g/mol. The molecule has 0 aliphatic heterocycles. The molecule has 2 rings (SSSR count). The fourth-order valence-electron chi connectivity index (χ4n) is 1.48. The van der Waals surface area contributed by atoms with E-state index in [-0.39, 0.29) is 0 Å². The van der Waals surface area contributed by atoms with Crippen LogP contribution >= 0.6 is 0 Å². The molecule has 4 heteroatoms. The summed E-state index contributed by atoms with van der Waals surface area (Å²) in [6.45, 7) is 4.21. The van der Waals surface area contributed by atoms with Gasteiger partial charge >= 0.3 is 0 Å². The molecule has 0 radical (unpaired) electrons. The first-order valence-corrected chi connectivity index (χ1v) is 4.93. The molecule has 0 saturated carbocycles. The molecular weight excluding hydrogens is 188 g/mol. The number of imidazole rings is 1. The van der Waals surface area contributed by atoms with Crippen LogP contribution in [0.2, 0.25) is 0 Å². The van der Waals surface area contributed by atoms with Gasteiger partial charge in [0.05, 0.1) is 11.9 Å². The number of pyridine rings is 1. The molecule has 0 unspecified atom stereocenters. The summed E-state index contributed by atoms with van der Waals surface area (Å²) in [4.78, 5) is 8.57. The molecule has 2 aromatic rings. The summed E-state index contributed by atoms with van der Waals surface area (Å²) in [6, 6.07) is 3.73. The Morgan fingerprint density at radius 2 is 2.07 bits per heavy atom. The third-order valence-corrected chi connectivity index (χ3v) is 2.20. The predicted molar refractivity (Wildman–Crippen MR) is 59.9 cm³/mol. The van der Waals surface area contributed by atoms with E-state index in [1.165, 1.54) is 0 Å². The molecular formula is C11H14N4. The summed E-state index contributed by atoms with van der Waals surface area (Å²) in [5.41, 5.74) is 6.26. The molecule has 2 N–H and O–H groups in total. The summed E-state index contributed by atoms with van der Waals surface area (Å²) in [7, 11) is 0. The smallest absolute Gasteiger partial charge is 0.138 e. The summed E-state index contributed by atoms with van der Waals surface area (Å²) < 4.78 is 1.98. The Bertz CT molecular complexity index is 442. The quantitative estimate of drug-likeness (QED) is 0.810. The maximum absolute atomic E-state index is 5.59. The SMILES string of the molecule is CC(C)c1nccn1-c1ccc(N)cn1. The third-order valence-electron chi connectivity index (χ3n) is 2.20. The van der Waals surface area contributed by atoms with Gasteiger partial charge in [-0.1, -0.05) is 13.8 Å². The van der Waals surface area contributed by atoms with E-state index in [0.29, 0.717) is 11.6 Å². The molecule has 2 heterocycles. The topological polar surface area (TPSA) is 56.7 Å². The minimum atomic E-state index is 0.374. The Balaban J connectivity index is 2.45. The number of nitrogen functional groups attached to an aromatic ring is 1. The summed E-state index contributed by atoms with van der Waals surface area (Å²) >= 11 is 0. The van der Waals surface area contributed by atoms with Gasteiger partial charge in [0.25, 0.3) is 0 Å². The normalized spacial score (nSPS) is 10.9. The highest BCUT2D eigenvalue weighted by Gasteiger charge is 2.08. The van der Waals surface area contributed by atoms with E-state index >= 15 is 0 Å². The summed E-state index contributed by atoms with van der Waals surface area (Å²) in [5.74, 6) is 2.23. The average Bonchev–Trinajstić information content (AvgIpc) is 2.67. The molecule has 0 aromatic carbocycles. The van der Waals surface area contributed by atoms with Crippen molar-refractivity contribution in [3.8, 4) is 5.82 Å². The van der Waals surface area contributed by atoms with Crippen LogP contribution in [-0.2, 0) is 0 Å². The van der Waals surface area contributed by atoms with Crippen molar-refractivity contribution in [1.82, 2.24) is 14.5 Å². The molecule has 0 saturated heterocycles. The second-order valence-electron chi connectivity index (χ2n) is 3.76. The monoisotopic (exact) mass is 202 g/mol. The first-order chi connectivity index (χ1) is 7.18. The second kappa shape index (κ2) is 3.73. The molecule has 0 fully saturated rings. The summed E-state index contributed by atoms with van der Waals surface area (Å²) in [6.07, 6.45) is 5.35. The molecule has 0 amide bonds. The van der Waals surface area contributed by atoms with Crippen LogP contribution < -0.4 is 5.73 Å². The zero-order valence-electron chi connectivity index (χ0n) is 8.88. The van der Waals surface area contributed by atoms with E-state index in [9.17, 15) is 0 Å². The minimum absolute atomic E-state index is 0.374. The minimum Gasteiger partial charge on any atom is -0.397 e. The van der Waals surface area contributed by atoms with Gasteiger partial charge in [-0.05, 0) is 12.1 Å². The molecule has 0 spiro atoms. The Morgan fingerprint density at radius 3 is 2.67 bits per heavy atom. The highest BCUT2D eigenvalue weighted by molar-refractivity contribution is 5.39. The molecule has 0 aliphatic rings. The number of rotatable bonds is 2. The third kappa shape index (κ3) is 1.83. The molecule has 78 valence electrons. The molecule has 0 atom stereocenters. The van der Waals surface area contributed by atoms with Crippen LogP contribution in [0.4, 0.5) is 5.69 Å². The van der Waals surface area contributed by atoms with E-state index in [0.717, 1.165) is 11.6 Å². The van der Waals surface area contributed by atoms with E-state index in [2.05, 4.69) is 23.8 Å². The van der Waals surface area contributed by atoms with Crippen molar-refractivity contribution in [3.63, 3.8) is 0 Å². The fourth-order valence-corrected chi connectivity index (χ4v) is 1.48. The predicted octanol–water partition coefficient (Wildman–Crippen LogP) is 1.97. The number of nitrogens with zero attached hydrogens (tertiary/aromatic N) is 3. The fraction of sp³-hybridized carbons (Fsp3) is 0.273. The highest BCUT2D eigenvalue weighted by atomic mass is 15.1. The van der Waals surface area contributed by atoms with Gasteiger partial charge in [-0.3, -0.25) is 4.57 Å². The van der Waals surface area contributed by atoms with Crippen LogP contribution in [0, 0.1) is 0 Å². The maximum atomic E-state index is 5.59.